The van der Waals surface area contributed by atoms with Crippen LogP contribution in [0, 0.1) is 0 Å². The summed E-state index contributed by atoms with van der Waals surface area (Å²) in [5.41, 5.74) is 1.02. The molecule has 0 bridgehead atoms. The van der Waals surface area contributed by atoms with Crippen LogP contribution in [0.5, 0.6) is 11.5 Å². The minimum atomic E-state index is -1.65. The Morgan fingerprint density at radius 2 is 1.80 bits per heavy atom. The minimum Gasteiger partial charge on any atom is -0.493 e. The van der Waals surface area contributed by atoms with Crippen LogP contribution in [0.2, 0.25) is 0 Å². The van der Waals surface area contributed by atoms with Crippen LogP contribution in [0.3, 0.4) is 0 Å². The van der Waals surface area contributed by atoms with E-state index in [-0.39, 0.29) is 5.90 Å². The summed E-state index contributed by atoms with van der Waals surface area (Å²) < 4.78 is 14.1. The summed E-state index contributed by atoms with van der Waals surface area (Å²) in [5, 5.41) is 0. The first kappa shape index (κ1) is 17.2. The molecule has 0 aliphatic carbocycles. The van der Waals surface area contributed by atoms with Gasteiger partial charge in [-0.1, -0.05) is 40.9 Å². The van der Waals surface area contributed by atoms with Crippen LogP contribution in [0.15, 0.2) is 23.2 Å². The number of alkyl halides is 3. The van der Waals surface area contributed by atoms with E-state index in [9.17, 15) is 0 Å². The average molecular weight is 341 g/mol. The van der Waals surface area contributed by atoms with Crippen molar-refractivity contribution in [1.29, 1.82) is 0 Å². The lowest BCUT2D eigenvalue weighted by Gasteiger charge is -2.15. The second-order valence-corrected chi connectivity index (χ2v) is 6.10. The van der Waals surface area contributed by atoms with Crippen LogP contribution in [0.25, 0.3) is 0 Å². The van der Waals surface area contributed by atoms with Crippen molar-refractivity contribution in [2.24, 2.45) is 4.99 Å². The number of hydrogen-bond donors (Lipinski definition) is 0. The average Bonchev–Trinajstić information content (AvgIpc) is 2.41. The summed E-state index contributed by atoms with van der Waals surface area (Å²) in [6.07, 6.45) is 0.625. The highest BCUT2D eigenvalue weighted by Crippen LogP contribution is 2.29. The molecule has 0 aliphatic heterocycles. The predicted octanol–water partition coefficient (Wildman–Crippen LogP) is 3.66. The molecule has 0 aliphatic rings. The molecule has 1 aromatic carbocycles. The monoisotopic (exact) mass is 339 g/mol. The summed E-state index contributed by atoms with van der Waals surface area (Å²) in [7, 11) is 4.68. The number of ether oxygens (including phenoxy) is 3. The van der Waals surface area contributed by atoms with Gasteiger partial charge >= 0.3 is 0 Å². The number of methoxy groups -OCH3 is 2. The zero-order valence-corrected chi connectivity index (χ0v) is 13.7. The minimum absolute atomic E-state index is 0.0722. The van der Waals surface area contributed by atoms with Crippen LogP contribution in [0.4, 0.5) is 0 Å². The molecule has 0 spiro atoms. The van der Waals surface area contributed by atoms with E-state index in [2.05, 4.69) is 4.99 Å². The van der Waals surface area contributed by atoms with Crippen LogP contribution < -0.4 is 9.47 Å². The van der Waals surface area contributed by atoms with Crippen LogP contribution in [-0.4, -0.2) is 37.6 Å². The van der Waals surface area contributed by atoms with E-state index in [1.807, 2.05) is 18.2 Å². The molecule has 0 unspecified atom stereocenters. The first-order valence-electron chi connectivity index (χ1n) is 5.80. The summed E-state index contributed by atoms with van der Waals surface area (Å²) in [4.78, 5) is 3.81. The maximum absolute atomic E-state index is 5.71. The number of hydrogen-bond acceptors (Lipinski definition) is 4. The summed E-state index contributed by atoms with van der Waals surface area (Å²) in [6.45, 7) is 0.343. The van der Waals surface area contributed by atoms with Gasteiger partial charge in [-0.15, -0.1) is 0 Å². The molecule has 4 nitrogen and oxygen atoms in total. The van der Waals surface area contributed by atoms with Crippen molar-refractivity contribution in [3.05, 3.63) is 23.8 Å². The van der Waals surface area contributed by atoms with E-state index in [4.69, 9.17) is 49.0 Å². The fourth-order valence-corrected chi connectivity index (χ4v) is 1.99. The number of aliphatic imine (C=N–C) groups is 1. The second kappa shape index (κ2) is 7.81. The van der Waals surface area contributed by atoms with Crippen molar-refractivity contribution >= 4 is 40.7 Å². The Bertz CT molecular complexity index is 472. The highest BCUT2D eigenvalue weighted by Gasteiger charge is 2.29. The molecule has 1 rings (SSSR count). The molecule has 0 radical (unpaired) electrons. The quantitative estimate of drug-likeness (QED) is 0.466. The van der Waals surface area contributed by atoms with E-state index in [0.717, 1.165) is 5.56 Å². The van der Waals surface area contributed by atoms with Gasteiger partial charge in [0.1, 0.15) is 0 Å². The normalized spacial score (nSPS) is 12.2. The van der Waals surface area contributed by atoms with E-state index in [0.29, 0.717) is 24.5 Å². The summed E-state index contributed by atoms with van der Waals surface area (Å²) in [5.74, 6) is 1.41. The van der Waals surface area contributed by atoms with E-state index >= 15 is 0 Å². The Kier molecular flexibility index (Phi) is 6.72. The Hall–Kier alpha value is -0.840. The molecule has 0 N–H and O–H groups in total. The van der Waals surface area contributed by atoms with Crippen molar-refractivity contribution < 1.29 is 14.2 Å². The van der Waals surface area contributed by atoms with Crippen molar-refractivity contribution in [3.63, 3.8) is 0 Å². The molecule has 0 atom stereocenters. The van der Waals surface area contributed by atoms with Gasteiger partial charge in [-0.05, 0) is 17.7 Å². The first-order valence-corrected chi connectivity index (χ1v) is 6.93. The third-order valence-corrected chi connectivity index (χ3v) is 3.01. The van der Waals surface area contributed by atoms with Gasteiger partial charge in [0.05, 0.1) is 20.8 Å². The van der Waals surface area contributed by atoms with Crippen molar-refractivity contribution in [2.75, 3.05) is 27.9 Å². The fraction of sp³-hybridized carbons (Fsp3) is 0.462. The van der Waals surface area contributed by atoms with Gasteiger partial charge in [0, 0.05) is 13.5 Å². The molecule has 20 heavy (non-hydrogen) atoms. The zero-order valence-electron chi connectivity index (χ0n) is 11.5. The lowest BCUT2D eigenvalue weighted by Crippen LogP contribution is -2.23. The standard InChI is InChI=1S/C13H16Cl3NO3/c1-17-12(13(14,15)16)20-7-6-9-4-5-10(18-2)11(8-9)19-3/h4-5,8H,6-7H2,1-3H3. The molecule has 0 heterocycles. The highest BCUT2D eigenvalue weighted by molar-refractivity contribution is 6.76. The molecule has 0 amide bonds. The number of halogens is 3. The largest absolute Gasteiger partial charge is 0.493 e. The molecule has 0 saturated carbocycles. The Labute approximate surface area is 133 Å². The van der Waals surface area contributed by atoms with Crippen molar-refractivity contribution in [3.8, 4) is 11.5 Å². The number of nitrogens with zero attached hydrogens (tertiary/aromatic N) is 1. The first-order chi connectivity index (χ1) is 9.42. The fourth-order valence-electron chi connectivity index (χ4n) is 1.57. The van der Waals surface area contributed by atoms with E-state index in [1.165, 1.54) is 7.05 Å². The summed E-state index contributed by atoms with van der Waals surface area (Å²) in [6, 6.07) is 5.63. The van der Waals surface area contributed by atoms with Gasteiger partial charge in [-0.3, -0.25) is 4.99 Å². The van der Waals surface area contributed by atoms with Gasteiger partial charge in [0.25, 0.3) is 3.79 Å². The lowest BCUT2D eigenvalue weighted by molar-refractivity contribution is 0.302. The third kappa shape index (κ3) is 4.93. The molecule has 0 fully saturated rings. The Balaban J connectivity index is 2.63. The molecule has 0 saturated heterocycles. The van der Waals surface area contributed by atoms with Gasteiger partial charge in [0.2, 0.25) is 5.90 Å². The lowest BCUT2D eigenvalue weighted by atomic mass is 10.1. The zero-order chi connectivity index (χ0) is 15.2. The van der Waals surface area contributed by atoms with Gasteiger partial charge in [-0.25, -0.2) is 0 Å². The molecular weight excluding hydrogens is 325 g/mol. The summed E-state index contributed by atoms with van der Waals surface area (Å²) >= 11 is 17.1. The number of rotatable bonds is 5. The second-order valence-electron chi connectivity index (χ2n) is 3.81. The van der Waals surface area contributed by atoms with Crippen molar-refractivity contribution in [1.82, 2.24) is 0 Å². The van der Waals surface area contributed by atoms with E-state index < -0.39 is 3.79 Å². The Morgan fingerprint density at radius 3 is 2.30 bits per heavy atom. The number of benzene rings is 1. The van der Waals surface area contributed by atoms with Gasteiger partial charge in [0.15, 0.2) is 11.5 Å². The van der Waals surface area contributed by atoms with Crippen LogP contribution >= 0.6 is 34.8 Å². The molecule has 7 heteroatoms. The third-order valence-electron chi connectivity index (χ3n) is 2.52. The molecule has 112 valence electrons. The molecule has 0 aromatic heterocycles. The van der Waals surface area contributed by atoms with Crippen molar-refractivity contribution in [2.45, 2.75) is 10.2 Å². The Morgan fingerprint density at radius 1 is 1.15 bits per heavy atom. The highest BCUT2D eigenvalue weighted by atomic mass is 35.6. The topological polar surface area (TPSA) is 40.0 Å². The van der Waals surface area contributed by atoms with Gasteiger partial charge < -0.3 is 14.2 Å². The maximum Gasteiger partial charge on any atom is 0.266 e. The maximum atomic E-state index is 5.71. The smallest absolute Gasteiger partial charge is 0.266 e. The predicted molar refractivity (Wildman–Crippen MR) is 82.9 cm³/mol. The van der Waals surface area contributed by atoms with Gasteiger partial charge in [-0.2, -0.15) is 0 Å². The van der Waals surface area contributed by atoms with E-state index in [1.54, 1.807) is 14.2 Å². The molecular formula is C13H16Cl3NO3. The molecule has 1 aromatic rings. The van der Waals surface area contributed by atoms with Crippen LogP contribution in [0.1, 0.15) is 5.56 Å². The van der Waals surface area contributed by atoms with Crippen LogP contribution in [-0.2, 0) is 11.2 Å². The SMILES string of the molecule is CN=C(OCCc1ccc(OC)c(OC)c1)C(Cl)(Cl)Cl.